The van der Waals surface area contributed by atoms with Crippen LogP contribution in [0.4, 0.5) is 5.69 Å². The number of carbonyl (C=O) groups is 2. The molecule has 0 saturated carbocycles. The van der Waals surface area contributed by atoms with Gasteiger partial charge in [0, 0.05) is 18.7 Å². The Bertz CT molecular complexity index is 400. The molecule has 0 spiro atoms. The molecule has 5 nitrogen and oxygen atoms in total. The van der Waals surface area contributed by atoms with Crippen molar-refractivity contribution in [3.8, 4) is 0 Å². The van der Waals surface area contributed by atoms with E-state index in [1.807, 2.05) is 0 Å². The predicted octanol–water partition coefficient (Wildman–Crippen LogP) is 1.57. The van der Waals surface area contributed by atoms with Crippen molar-refractivity contribution >= 4 is 17.6 Å². The summed E-state index contributed by atoms with van der Waals surface area (Å²) in [5, 5.41) is 11.3. The van der Waals surface area contributed by atoms with E-state index in [4.69, 9.17) is 9.84 Å². The molecule has 0 aromatic heterocycles. The van der Waals surface area contributed by atoms with Gasteiger partial charge in [0.2, 0.25) is 5.91 Å². The summed E-state index contributed by atoms with van der Waals surface area (Å²) < 4.78 is 4.85. The van der Waals surface area contributed by atoms with Crippen LogP contribution >= 0.6 is 0 Å². The third-order valence-corrected chi connectivity index (χ3v) is 2.24. The normalized spacial score (nSPS) is 9.89. The Morgan fingerprint density at radius 2 is 1.94 bits per heavy atom. The molecular formula is C13H17NO4. The van der Waals surface area contributed by atoms with Crippen LogP contribution in [0, 0.1) is 0 Å². The molecule has 0 atom stereocenters. The second-order valence-corrected chi connectivity index (χ2v) is 3.67. The van der Waals surface area contributed by atoms with Crippen LogP contribution in [0.2, 0.25) is 0 Å². The molecule has 98 valence electrons. The van der Waals surface area contributed by atoms with Crippen LogP contribution in [0.1, 0.15) is 30.1 Å². The van der Waals surface area contributed by atoms with E-state index < -0.39 is 0 Å². The molecule has 0 unspecified atom stereocenters. The highest BCUT2D eigenvalue weighted by Gasteiger charge is 2.06. The van der Waals surface area contributed by atoms with E-state index in [-0.39, 0.29) is 24.9 Å². The second-order valence-electron chi connectivity index (χ2n) is 3.67. The minimum absolute atomic E-state index is 0.00475. The number of amides is 1. The Morgan fingerprint density at radius 3 is 2.50 bits per heavy atom. The van der Waals surface area contributed by atoms with Crippen molar-refractivity contribution in [2.45, 2.75) is 19.8 Å². The minimum Gasteiger partial charge on any atom is -0.462 e. The number of carbonyl (C=O) groups excluding carboxylic acids is 2. The molecule has 0 fully saturated rings. The summed E-state index contributed by atoms with van der Waals surface area (Å²) in [5.74, 6) is -0.538. The Kier molecular flexibility index (Phi) is 5.87. The molecule has 2 N–H and O–H groups in total. The maximum Gasteiger partial charge on any atom is 0.338 e. The van der Waals surface area contributed by atoms with Crippen molar-refractivity contribution < 1.29 is 19.4 Å². The molecule has 1 rings (SSSR count). The Labute approximate surface area is 106 Å². The van der Waals surface area contributed by atoms with Gasteiger partial charge in [0.1, 0.15) is 0 Å². The number of benzene rings is 1. The Balaban J connectivity index is 2.55. The van der Waals surface area contributed by atoms with Crippen molar-refractivity contribution in [2.24, 2.45) is 0 Å². The van der Waals surface area contributed by atoms with Crippen LogP contribution in [0.25, 0.3) is 0 Å². The molecule has 1 aromatic rings. The molecule has 18 heavy (non-hydrogen) atoms. The van der Waals surface area contributed by atoms with Gasteiger partial charge in [-0.15, -0.1) is 0 Å². The third-order valence-electron chi connectivity index (χ3n) is 2.24. The zero-order valence-electron chi connectivity index (χ0n) is 10.3. The SMILES string of the molecule is CCOC(=O)c1ccc(NC(=O)CCCO)cc1. The standard InChI is InChI=1S/C13H17NO4/c1-2-18-13(17)10-5-7-11(8-6-10)14-12(16)4-3-9-15/h5-8,15H,2-4,9H2,1H3,(H,14,16). The topological polar surface area (TPSA) is 75.6 Å². The van der Waals surface area contributed by atoms with E-state index in [0.29, 0.717) is 24.3 Å². The highest BCUT2D eigenvalue weighted by molar-refractivity contribution is 5.93. The van der Waals surface area contributed by atoms with Gasteiger partial charge < -0.3 is 15.2 Å². The quantitative estimate of drug-likeness (QED) is 0.752. The van der Waals surface area contributed by atoms with Crippen molar-refractivity contribution in [1.82, 2.24) is 0 Å². The number of hydrogen-bond donors (Lipinski definition) is 2. The van der Waals surface area contributed by atoms with Gasteiger partial charge in [-0.1, -0.05) is 0 Å². The maximum atomic E-state index is 11.4. The Hall–Kier alpha value is -1.88. The molecule has 0 aliphatic carbocycles. The van der Waals surface area contributed by atoms with Crippen molar-refractivity contribution in [1.29, 1.82) is 0 Å². The van der Waals surface area contributed by atoms with E-state index in [1.54, 1.807) is 31.2 Å². The zero-order chi connectivity index (χ0) is 13.4. The summed E-state index contributed by atoms with van der Waals surface area (Å²) >= 11 is 0. The van der Waals surface area contributed by atoms with Gasteiger partial charge in [-0.25, -0.2) is 4.79 Å². The van der Waals surface area contributed by atoms with Crippen molar-refractivity contribution in [2.75, 3.05) is 18.5 Å². The van der Waals surface area contributed by atoms with Crippen LogP contribution in [0.5, 0.6) is 0 Å². The smallest absolute Gasteiger partial charge is 0.338 e. The number of aliphatic hydroxyl groups excluding tert-OH is 1. The van der Waals surface area contributed by atoms with Gasteiger partial charge in [-0.05, 0) is 37.6 Å². The molecule has 0 radical (unpaired) electrons. The lowest BCUT2D eigenvalue weighted by molar-refractivity contribution is -0.116. The summed E-state index contributed by atoms with van der Waals surface area (Å²) in [6, 6.07) is 6.48. The van der Waals surface area contributed by atoms with E-state index in [0.717, 1.165) is 0 Å². The number of ether oxygens (including phenoxy) is 1. The number of aliphatic hydroxyl groups is 1. The summed E-state index contributed by atoms with van der Waals surface area (Å²) in [5.41, 5.74) is 1.07. The van der Waals surface area contributed by atoms with Gasteiger partial charge >= 0.3 is 5.97 Å². The highest BCUT2D eigenvalue weighted by Crippen LogP contribution is 2.11. The van der Waals surface area contributed by atoms with Gasteiger partial charge in [0.25, 0.3) is 0 Å². The fraction of sp³-hybridized carbons (Fsp3) is 0.385. The van der Waals surface area contributed by atoms with E-state index >= 15 is 0 Å². The van der Waals surface area contributed by atoms with Gasteiger partial charge in [0.05, 0.1) is 12.2 Å². The molecular weight excluding hydrogens is 234 g/mol. The van der Waals surface area contributed by atoms with Gasteiger partial charge in [-0.3, -0.25) is 4.79 Å². The lowest BCUT2D eigenvalue weighted by atomic mass is 10.2. The number of nitrogens with one attached hydrogen (secondary N) is 1. The number of rotatable bonds is 6. The molecule has 0 aliphatic heterocycles. The van der Waals surface area contributed by atoms with Crippen LogP contribution in [-0.4, -0.2) is 30.2 Å². The van der Waals surface area contributed by atoms with Gasteiger partial charge in [-0.2, -0.15) is 0 Å². The molecule has 0 aliphatic rings. The molecule has 1 amide bonds. The lowest BCUT2D eigenvalue weighted by Gasteiger charge is -2.06. The van der Waals surface area contributed by atoms with E-state index in [2.05, 4.69) is 5.32 Å². The van der Waals surface area contributed by atoms with Crippen molar-refractivity contribution in [3.05, 3.63) is 29.8 Å². The first-order chi connectivity index (χ1) is 8.67. The summed E-state index contributed by atoms with van der Waals surface area (Å²) in [6.07, 6.45) is 0.711. The average Bonchev–Trinajstić information content (AvgIpc) is 2.37. The average molecular weight is 251 g/mol. The zero-order valence-corrected chi connectivity index (χ0v) is 10.3. The summed E-state index contributed by atoms with van der Waals surface area (Å²) in [4.78, 5) is 22.8. The molecule has 0 bridgehead atoms. The molecule has 0 saturated heterocycles. The Morgan fingerprint density at radius 1 is 1.28 bits per heavy atom. The first kappa shape index (κ1) is 14.2. The van der Waals surface area contributed by atoms with Gasteiger partial charge in [0.15, 0.2) is 0 Å². The predicted molar refractivity (Wildman–Crippen MR) is 67.3 cm³/mol. The van der Waals surface area contributed by atoms with E-state index in [1.165, 1.54) is 0 Å². The fourth-order valence-corrected chi connectivity index (χ4v) is 1.37. The van der Waals surface area contributed by atoms with Crippen LogP contribution in [0.15, 0.2) is 24.3 Å². The lowest BCUT2D eigenvalue weighted by Crippen LogP contribution is -2.12. The fourth-order valence-electron chi connectivity index (χ4n) is 1.37. The number of esters is 1. The van der Waals surface area contributed by atoms with E-state index in [9.17, 15) is 9.59 Å². The second kappa shape index (κ2) is 7.45. The van der Waals surface area contributed by atoms with Crippen LogP contribution in [0.3, 0.4) is 0 Å². The summed E-state index contributed by atoms with van der Waals surface area (Å²) in [7, 11) is 0. The first-order valence-corrected chi connectivity index (χ1v) is 5.85. The monoisotopic (exact) mass is 251 g/mol. The van der Waals surface area contributed by atoms with Crippen LogP contribution in [-0.2, 0) is 9.53 Å². The molecule has 0 heterocycles. The van der Waals surface area contributed by atoms with Crippen molar-refractivity contribution in [3.63, 3.8) is 0 Å². The summed E-state index contributed by atoms with van der Waals surface area (Å²) in [6.45, 7) is 2.07. The highest BCUT2D eigenvalue weighted by atomic mass is 16.5. The largest absolute Gasteiger partial charge is 0.462 e. The van der Waals surface area contributed by atoms with Crippen LogP contribution < -0.4 is 5.32 Å². The maximum absolute atomic E-state index is 11.4. The first-order valence-electron chi connectivity index (χ1n) is 5.85. The molecule has 1 aromatic carbocycles. The minimum atomic E-state index is -0.379. The number of hydrogen-bond acceptors (Lipinski definition) is 4. The number of anilines is 1. The molecule has 5 heteroatoms. The third kappa shape index (κ3) is 4.55.